The molecular formula is C28H34ClN3O8. The van der Waals surface area contributed by atoms with Gasteiger partial charge in [0.25, 0.3) is 0 Å². The van der Waals surface area contributed by atoms with Crippen molar-refractivity contribution in [2.45, 2.75) is 72.0 Å². The predicted octanol–water partition coefficient (Wildman–Crippen LogP) is 6.00. The van der Waals surface area contributed by atoms with Gasteiger partial charge in [0.15, 0.2) is 0 Å². The molecule has 2 aromatic rings. The number of ether oxygens (including phenoxy) is 3. The lowest BCUT2D eigenvalue weighted by Crippen LogP contribution is -2.47. The fourth-order valence-electron chi connectivity index (χ4n) is 3.08. The molecule has 2 amide bonds. The number of nitrogens with one attached hydrogen (secondary N) is 2. The molecule has 0 unspecified atom stereocenters. The first-order chi connectivity index (χ1) is 18.5. The average molecular weight is 576 g/mol. The van der Waals surface area contributed by atoms with Crippen LogP contribution in [0.5, 0.6) is 5.75 Å². The molecule has 0 atom stereocenters. The van der Waals surface area contributed by atoms with Crippen LogP contribution in [0.15, 0.2) is 47.5 Å². The number of aliphatic carboxylic acids is 1. The smallest absolute Gasteiger partial charge is 0.414 e. The van der Waals surface area contributed by atoms with E-state index in [0.29, 0.717) is 23.6 Å². The number of halogens is 1. The Hall–Kier alpha value is -4.12. The Morgan fingerprint density at radius 3 is 1.90 bits per heavy atom. The number of aliphatic imine (C=N–C) groups is 1. The number of hydrogen-bond donors (Lipinski definition) is 3. The van der Waals surface area contributed by atoms with E-state index < -0.39 is 35.3 Å². The SMILES string of the molecule is CC(C)(C)OC(=O)NC(=Nc1ccc(C(=O)Oc2ccc(CCCC(=O)O)c(Cl)c2)cc1)NC(=O)OC(C)(C)C. The second-order valence-corrected chi connectivity index (χ2v) is 11.1. The summed E-state index contributed by atoms with van der Waals surface area (Å²) in [5.74, 6) is -1.54. The van der Waals surface area contributed by atoms with E-state index in [-0.39, 0.29) is 23.7 Å². The van der Waals surface area contributed by atoms with Gasteiger partial charge in [-0.1, -0.05) is 17.7 Å². The second-order valence-electron chi connectivity index (χ2n) is 10.7. The molecule has 0 aliphatic carbocycles. The molecule has 0 radical (unpaired) electrons. The van der Waals surface area contributed by atoms with Crippen LogP contribution in [0.3, 0.4) is 0 Å². The Morgan fingerprint density at radius 2 is 1.43 bits per heavy atom. The molecule has 11 nitrogen and oxygen atoms in total. The van der Waals surface area contributed by atoms with Crippen molar-refractivity contribution < 1.29 is 38.5 Å². The topological polar surface area (TPSA) is 153 Å². The van der Waals surface area contributed by atoms with Crippen LogP contribution >= 0.6 is 11.6 Å². The summed E-state index contributed by atoms with van der Waals surface area (Å²) >= 11 is 6.25. The van der Waals surface area contributed by atoms with Crippen LogP contribution in [0.1, 0.15) is 70.3 Å². The van der Waals surface area contributed by atoms with Crippen molar-refractivity contribution in [2.24, 2.45) is 4.99 Å². The van der Waals surface area contributed by atoms with Gasteiger partial charge in [0.2, 0.25) is 5.96 Å². The molecule has 0 aliphatic rings. The molecule has 0 saturated carbocycles. The number of carboxylic acid groups (broad SMARTS) is 1. The number of nitrogens with zero attached hydrogens (tertiary/aromatic N) is 1. The molecule has 0 bridgehead atoms. The highest BCUT2D eigenvalue weighted by Crippen LogP contribution is 2.25. The Bertz CT molecular complexity index is 1230. The fraction of sp³-hybridized carbons (Fsp3) is 0.393. The molecule has 0 fully saturated rings. The molecule has 0 spiro atoms. The van der Waals surface area contributed by atoms with Crippen LogP contribution in [0.4, 0.5) is 15.3 Å². The third-order valence-corrected chi connectivity index (χ3v) is 5.01. The number of aryl methyl sites for hydroxylation is 1. The van der Waals surface area contributed by atoms with Gasteiger partial charge in [0.05, 0.1) is 11.3 Å². The van der Waals surface area contributed by atoms with E-state index >= 15 is 0 Å². The number of carboxylic acids is 1. The molecule has 0 heterocycles. The number of rotatable bonds is 7. The summed E-state index contributed by atoms with van der Waals surface area (Å²) in [4.78, 5) is 52.1. The van der Waals surface area contributed by atoms with Crippen molar-refractivity contribution in [3.05, 3.63) is 58.6 Å². The lowest BCUT2D eigenvalue weighted by Gasteiger charge is -2.22. The first kappa shape index (κ1) is 32.1. The van der Waals surface area contributed by atoms with Crippen molar-refractivity contribution >= 4 is 47.4 Å². The molecule has 0 aliphatic heterocycles. The maximum Gasteiger partial charge on any atom is 0.414 e. The zero-order valence-corrected chi connectivity index (χ0v) is 24.0. The normalized spacial score (nSPS) is 11.2. The third kappa shape index (κ3) is 12.2. The van der Waals surface area contributed by atoms with Gasteiger partial charge in [0, 0.05) is 11.4 Å². The van der Waals surface area contributed by atoms with Gasteiger partial charge < -0.3 is 19.3 Å². The lowest BCUT2D eigenvalue weighted by atomic mass is 10.1. The van der Waals surface area contributed by atoms with Crippen molar-refractivity contribution in [2.75, 3.05) is 0 Å². The van der Waals surface area contributed by atoms with Gasteiger partial charge in [-0.25, -0.2) is 19.4 Å². The zero-order valence-electron chi connectivity index (χ0n) is 23.3. The van der Waals surface area contributed by atoms with Crippen molar-refractivity contribution in [3.63, 3.8) is 0 Å². The van der Waals surface area contributed by atoms with Crippen LogP contribution in [-0.4, -0.2) is 46.4 Å². The summed E-state index contributed by atoms with van der Waals surface area (Å²) in [7, 11) is 0. The van der Waals surface area contributed by atoms with E-state index in [2.05, 4.69) is 15.6 Å². The molecule has 40 heavy (non-hydrogen) atoms. The summed E-state index contributed by atoms with van der Waals surface area (Å²) in [6, 6.07) is 10.6. The highest BCUT2D eigenvalue weighted by Gasteiger charge is 2.21. The monoisotopic (exact) mass is 575 g/mol. The quantitative estimate of drug-likeness (QED) is 0.157. The molecular weight excluding hydrogens is 542 g/mol. The summed E-state index contributed by atoms with van der Waals surface area (Å²) < 4.78 is 15.8. The Labute approximate surface area is 237 Å². The predicted molar refractivity (Wildman–Crippen MR) is 149 cm³/mol. The maximum atomic E-state index is 12.6. The zero-order chi connectivity index (χ0) is 30.1. The second kappa shape index (κ2) is 13.8. The molecule has 2 rings (SSSR count). The number of benzene rings is 2. The summed E-state index contributed by atoms with van der Waals surface area (Å²) in [5.41, 5.74) is -0.308. The Balaban J connectivity index is 2.13. The number of carbonyl (C=O) groups is 4. The number of carbonyl (C=O) groups excluding carboxylic acids is 3. The van der Waals surface area contributed by atoms with E-state index in [0.717, 1.165) is 5.56 Å². The largest absolute Gasteiger partial charge is 0.481 e. The summed E-state index contributed by atoms with van der Waals surface area (Å²) in [5, 5.41) is 13.9. The number of esters is 1. The summed E-state index contributed by atoms with van der Waals surface area (Å²) in [6.07, 6.45) is -0.730. The van der Waals surface area contributed by atoms with Gasteiger partial charge in [0.1, 0.15) is 17.0 Å². The maximum absolute atomic E-state index is 12.6. The summed E-state index contributed by atoms with van der Waals surface area (Å²) in [6.45, 7) is 10.1. The minimum atomic E-state index is -0.881. The number of amides is 2. The van der Waals surface area contributed by atoms with Crippen LogP contribution in [0, 0.1) is 0 Å². The minimum absolute atomic E-state index is 0.0305. The lowest BCUT2D eigenvalue weighted by molar-refractivity contribution is -0.137. The molecule has 3 N–H and O–H groups in total. The molecule has 0 saturated heterocycles. The van der Waals surface area contributed by atoms with Gasteiger partial charge in [-0.2, -0.15) is 0 Å². The number of guanidine groups is 1. The Kier molecular flexibility index (Phi) is 11.1. The van der Waals surface area contributed by atoms with Crippen LogP contribution in [0.25, 0.3) is 0 Å². The standard InChI is InChI=1S/C28H34ClN3O8/c1-27(2,3)39-25(36)31-24(32-26(37)40-28(4,5)6)30-19-13-10-18(11-14-19)23(35)38-20-15-12-17(21(29)16-20)8-7-9-22(33)34/h10-16H,7-9H2,1-6H3,(H,33,34)(H2,30,31,32,36,37). The fourth-order valence-corrected chi connectivity index (χ4v) is 3.34. The van der Waals surface area contributed by atoms with E-state index in [9.17, 15) is 19.2 Å². The van der Waals surface area contributed by atoms with E-state index in [1.165, 1.54) is 30.3 Å². The first-order valence-corrected chi connectivity index (χ1v) is 12.8. The highest BCUT2D eigenvalue weighted by molar-refractivity contribution is 6.31. The van der Waals surface area contributed by atoms with Crippen molar-refractivity contribution in [1.82, 2.24) is 10.6 Å². The van der Waals surface area contributed by atoms with Crippen molar-refractivity contribution in [3.8, 4) is 5.75 Å². The number of alkyl carbamates (subject to hydrolysis) is 2. The van der Waals surface area contributed by atoms with Gasteiger partial charge in [-0.3, -0.25) is 15.4 Å². The third-order valence-electron chi connectivity index (χ3n) is 4.65. The average Bonchev–Trinajstić information content (AvgIpc) is 2.78. The molecule has 12 heteroatoms. The van der Waals surface area contributed by atoms with Gasteiger partial charge in [-0.05, 0) is 96.3 Å². The van der Waals surface area contributed by atoms with E-state index in [4.69, 9.17) is 30.9 Å². The Morgan fingerprint density at radius 1 is 0.875 bits per heavy atom. The first-order valence-electron chi connectivity index (χ1n) is 12.4. The van der Waals surface area contributed by atoms with E-state index in [1.807, 2.05) is 0 Å². The van der Waals surface area contributed by atoms with Crippen LogP contribution < -0.4 is 15.4 Å². The minimum Gasteiger partial charge on any atom is -0.481 e. The molecule has 2 aromatic carbocycles. The van der Waals surface area contributed by atoms with Crippen LogP contribution in [0.2, 0.25) is 5.02 Å². The van der Waals surface area contributed by atoms with Crippen molar-refractivity contribution in [1.29, 1.82) is 0 Å². The van der Waals surface area contributed by atoms with Gasteiger partial charge >= 0.3 is 24.1 Å². The van der Waals surface area contributed by atoms with E-state index in [1.54, 1.807) is 53.7 Å². The van der Waals surface area contributed by atoms with Crippen LogP contribution in [-0.2, 0) is 20.7 Å². The highest BCUT2D eigenvalue weighted by atomic mass is 35.5. The molecule has 0 aromatic heterocycles. The number of hydrogen-bond acceptors (Lipinski definition) is 8. The van der Waals surface area contributed by atoms with Gasteiger partial charge in [-0.15, -0.1) is 0 Å². The molecule has 216 valence electrons.